The number of nitrogens with one attached hydrogen (secondary N) is 1. The van der Waals surface area contributed by atoms with Gasteiger partial charge in [-0.25, -0.2) is 0 Å². The van der Waals surface area contributed by atoms with Gasteiger partial charge < -0.3 is 19.4 Å². The van der Waals surface area contributed by atoms with Gasteiger partial charge in [0, 0.05) is 41.2 Å². The average molecular weight is 403 g/mol. The molecule has 1 amide bonds. The summed E-state index contributed by atoms with van der Waals surface area (Å²) in [5.74, 6) is 1.42. The number of hydrogen-bond acceptors (Lipinski definition) is 5. The highest BCUT2D eigenvalue weighted by Crippen LogP contribution is 2.37. The highest BCUT2D eigenvalue weighted by molar-refractivity contribution is 6.06. The molecular formula is C24H25N3O3. The molecule has 4 rings (SSSR count). The lowest BCUT2D eigenvalue weighted by molar-refractivity contribution is -0.120. The number of fused-ring (bicyclic) bond motifs is 3. The smallest absolute Gasteiger partial charge is 0.224 e. The van der Waals surface area contributed by atoms with Gasteiger partial charge in [-0.15, -0.1) is 0 Å². The fraction of sp³-hybridized carbons (Fsp3) is 0.250. The fourth-order valence-corrected chi connectivity index (χ4v) is 3.54. The van der Waals surface area contributed by atoms with E-state index in [4.69, 9.17) is 9.15 Å². The highest BCUT2D eigenvalue weighted by atomic mass is 16.5. The molecule has 2 aromatic carbocycles. The lowest BCUT2D eigenvalue weighted by Crippen LogP contribution is -2.32. The summed E-state index contributed by atoms with van der Waals surface area (Å²) in [5.41, 5.74) is 3.26. The lowest BCUT2D eigenvalue weighted by Gasteiger charge is -2.10. The first-order valence-electron chi connectivity index (χ1n) is 9.92. The van der Waals surface area contributed by atoms with Crippen LogP contribution in [0.5, 0.6) is 5.75 Å². The Morgan fingerprint density at radius 2 is 1.93 bits per heavy atom. The topological polar surface area (TPSA) is 67.6 Å². The van der Waals surface area contributed by atoms with Crippen molar-refractivity contribution in [3.63, 3.8) is 0 Å². The van der Waals surface area contributed by atoms with E-state index in [2.05, 4.69) is 10.3 Å². The monoisotopic (exact) mass is 403 g/mol. The standard InChI is InChI=1S/C24H25N3O3/c1-27(2)14-13-25-21(28)15-20-19-11-8-16-5-4-12-26-22(16)24(19)30-23(20)17-6-9-18(29-3)10-7-17/h4-12H,13-15H2,1-3H3,(H,25,28). The molecule has 0 aliphatic rings. The molecule has 0 spiro atoms. The number of nitrogens with zero attached hydrogens (tertiary/aromatic N) is 2. The number of rotatable bonds is 7. The molecule has 0 aliphatic carbocycles. The maximum atomic E-state index is 12.7. The van der Waals surface area contributed by atoms with Crippen molar-refractivity contribution in [2.45, 2.75) is 6.42 Å². The average Bonchev–Trinajstić information content (AvgIpc) is 3.12. The third-order valence-corrected chi connectivity index (χ3v) is 5.10. The third kappa shape index (κ3) is 4.00. The summed E-state index contributed by atoms with van der Waals surface area (Å²) in [5, 5.41) is 4.91. The maximum Gasteiger partial charge on any atom is 0.224 e. The minimum Gasteiger partial charge on any atom is -0.497 e. The van der Waals surface area contributed by atoms with Crippen molar-refractivity contribution in [2.24, 2.45) is 0 Å². The predicted molar refractivity (Wildman–Crippen MR) is 119 cm³/mol. The van der Waals surface area contributed by atoms with Crippen LogP contribution in [-0.4, -0.2) is 50.1 Å². The van der Waals surface area contributed by atoms with Crippen molar-refractivity contribution in [2.75, 3.05) is 34.3 Å². The number of benzene rings is 2. The van der Waals surface area contributed by atoms with Crippen molar-refractivity contribution in [1.29, 1.82) is 0 Å². The van der Waals surface area contributed by atoms with Gasteiger partial charge in [0.05, 0.1) is 13.5 Å². The summed E-state index contributed by atoms with van der Waals surface area (Å²) in [6.45, 7) is 1.39. The number of hydrogen-bond donors (Lipinski definition) is 1. The van der Waals surface area contributed by atoms with E-state index >= 15 is 0 Å². The number of amides is 1. The largest absolute Gasteiger partial charge is 0.497 e. The van der Waals surface area contributed by atoms with Crippen LogP contribution in [0.1, 0.15) is 5.56 Å². The number of carbonyl (C=O) groups is 1. The van der Waals surface area contributed by atoms with E-state index in [1.165, 1.54) is 0 Å². The van der Waals surface area contributed by atoms with Gasteiger partial charge in [0.1, 0.15) is 17.0 Å². The number of furan rings is 1. The van der Waals surface area contributed by atoms with Crippen LogP contribution in [0.3, 0.4) is 0 Å². The molecule has 0 saturated carbocycles. The van der Waals surface area contributed by atoms with Crippen molar-refractivity contribution in [3.05, 3.63) is 60.3 Å². The molecule has 6 heteroatoms. The van der Waals surface area contributed by atoms with Gasteiger partial charge >= 0.3 is 0 Å². The number of aromatic nitrogens is 1. The molecule has 2 aromatic heterocycles. The lowest BCUT2D eigenvalue weighted by atomic mass is 10.0. The summed E-state index contributed by atoms with van der Waals surface area (Å²) in [6.07, 6.45) is 1.99. The number of pyridine rings is 1. The molecule has 0 atom stereocenters. The van der Waals surface area contributed by atoms with E-state index in [-0.39, 0.29) is 12.3 Å². The van der Waals surface area contributed by atoms with Crippen LogP contribution in [0.15, 0.2) is 59.1 Å². The highest BCUT2D eigenvalue weighted by Gasteiger charge is 2.20. The number of likely N-dealkylation sites (N-methyl/N-ethyl adjacent to an activating group) is 1. The molecule has 0 bridgehead atoms. The molecule has 0 radical (unpaired) electrons. The van der Waals surface area contributed by atoms with Crippen LogP contribution in [0, 0.1) is 0 Å². The minimum absolute atomic E-state index is 0.0320. The zero-order valence-electron chi connectivity index (χ0n) is 17.4. The fourth-order valence-electron chi connectivity index (χ4n) is 3.54. The molecule has 154 valence electrons. The summed E-state index contributed by atoms with van der Waals surface area (Å²) in [7, 11) is 5.60. The molecule has 4 aromatic rings. The first-order chi connectivity index (χ1) is 14.6. The van der Waals surface area contributed by atoms with Crippen molar-refractivity contribution in [1.82, 2.24) is 15.2 Å². The van der Waals surface area contributed by atoms with Crippen molar-refractivity contribution < 1.29 is 13.9 Å². The van der Waals surface area contributed by atoms with E-state index in [1.54, 1.807) is 13.3 Å². The van der Waals surface area contributed by atoms with Gasteiger partial charge in [-0.1, -0.05) is 18.2 Å². The Balaban J connectivity index is 1.78. The van der Waals surface area contributed by atoms with E-state index in [0.717, 1.165) is 39.7 Å². The summed E-state index contributed by atoms with van der Waals surface area (Å²) < 4.78 is 11.6. The molecular weight excluding hydrogens is 378 g/mol. The van der Waals surface area contributed by atoms with E-state index in [9.17, 15) is 4.79 Å². The van der Waals surface area contributed by atoms with Gasteiger partial charge in [-0.3, -0.25) is 9.78 Å². The Bertz CT molecular complexity index is 1180. The molecule has 30 heavy (non-hydrogen) atoms. The maximum absolute atomic E-state index is 12.7. The zero-order valence-corrected chi connectivity index (χ0v) is 17.4. The van der Waals surface area contributed by atoms with Crippen LogP contribution in [0.25, 0.3) is 33.2 Å². The summed E-state index contributed by atoms with van der Waals surface area (Å²) >= 11 is 0. The third-order valence-electron chi connectivity index (χ3n) is 5.10. The Morgan fingerprint density at radius 3 is 2.67 bits per heavy atom. The van der Waals surface area contributed by atoms with Gasteiger partial charge in [-0.05, 0) is 44.4 Å². The SMILES string of the molecule is COc1ccc(-c2oc3c(ccc4cccnc43)c2CC(=O)NCCN(C)C)cc1. The zero-order chi connectivity index (χ0) is 21.1. The molecule has 2 heterocycles. The molecule has 0 unspecified atom stereocenters. The van der Waals surface area contributed by atoms with E-state index in [1.807, 2.05) is 67.5 Å². The van der Waals surface area contributed by atoms with Crippen LogP contribution in [0.2, 0.25) is 0 Å². The van der Waals surface area contributed by atoms with Gasteiger partial charge in [0.2, 0.25) is 5.91 Å². The number of carbonyl (C=O) groups excluding carboxylic acids is 1. The predicted octanol–water partition coefficient (Wildman–Crippen LogP) is 3.88. The van der Waals surface area contributed by atoms with Gasteiger partial charge in [-0.2, -0.15) is 0 Å². The summed E-state index contributed by atoms with van der Waals surface area (Å²) in [6, 6.07) is 15.6. The first-order valence-corrected chi connectivity index (χ1v) is 9.92. The van der Waals surface area contributed by atoms with Crippen LogP contribution >= 0.6 is 0 Å². The van der Waals surface area contributed by atoms with Gasteiger partial charge in [0.25, 0.3) is 0 Å². The molecule has 6 nitrogen and oxygen atoms in total. The van der Waals surface area contributed by atoms with E-state index in [0.29, 0.717) is 17.9 Å². The van der Waals surface area contributed by atoms with Crippen LogP contribution < -0.4 is 10.1 Å². The quantitative estimate of drug-likeness (QED) is 0.507. The van der Waals surface area contributed by atoms with Crippen LogP contribution in [-0.2, 0) is 11.2 Å². The Hall–Kier alpha value is -3.38. The Kier molecular flexibility index (Phi) is 5.68. The first kappa shape index (κ1) is 19.9. The second-order valence-corrected chi connectivity index (χ2v) is 7.49. The second-order valence-electron chi connectivity index (χ2n) is 7.49. The molecule has 0 aliphatic heterocycles. The number of ether oxygens (including phenoxy) is 1. The Labute approximate surface area is 175 Å². The van der Waals surface area contributed by atoms with Crippen molar-refractivity contribution >= 4 is 27.8 Å². The molecule has 1 N–H and O–H groups in total. The normalized spacial score (nSPS) is 11.3. The van der Waals surface area contributed by atoms with Gasteiger partial charge in [0.15, 0.2) is 5.58 Å². The second kappa shape index (κ2) is 8.55. The molecule has 0 fully saturated rings. The van der Waals surface area contributed by atoms with Crippen LogP contribution in [0.4, 0.5) is 0 Å². The Morgan fingerprint density at radius 1 is 1.13 bits per heavy atom. The summed E-state index contributed by atoms with van der Waals surface area (Å²) in [4.78, 5) is 19.2. The van der Waals surface area contributed by atoms with E-state index < -0.39 is 0 Å². The minimum atomic E-state index is -0.0320. The molecule has 0 saturated heterocycles. The van der Waals surface area contributed by atoms with Crippen molar-refractivity contribution in [3.8, 4) is 17.1 Å². The number of methoxy groups -OCH3 is 1.